The van der Waals surface area contributed by atoms with Gasteiger partial charge >= 0.3 is 0 Å². The van der Waals surface area contributed by atoms with Crippen molar-refractivity contribution >= 4 is 0 Å². The Morgan fingerprint density at radius 2 is 0.762 bits per heavy atom. The minimum absolute atomic E-state index is 0.0465. The van der Waals surface area contributed by atoms with Gasteiger partial charge in [-0.15, -0.1) is 0 Å². The molecule has 0 N–H and O–H groups in total. The highest BCUT2D eigenvalue weighted by Crippen LogP contribution is 2.54. The molecule has 0 spiro atoms. The molecule has 0 amide bonds. The maximum atomic E-state index is 5.06. The number of aromatic nitrogens is 3. The smallest absolute Gasteiger partial charge is 0.164 e. The van der Waals surface area contributed by atoms with E-state index in [2.05, 4.69) is 131 Å². The Morgan fingerprint density at radius 1 is 0.357 bits per heavy atom. The Balaban J connectivity index is 1.38. The molecule has 1 aliphatic rings. The van der Waals surface area contributed by atoms with Crippen molar-refractivity contribution in [2.24, 2.45) is 0 Å². The van der Waals surface area contributed by atoms with E-state index in [0.29, 0.717) is 17.5 Å². The lowest BCUT2D eigenvalue weighted by Gasteiger charge is -2.48. The van der Waals surface area contributed by atoms with E-state index in [1.807, 2.05) is 24.3 Å². The summed E-state index contributed by atoms with van der Waals surface area (Å²) in [6.45, 7) is 9.42. The number of benzene rings is 5. The molecule has 0 saturated carbocycles. The molecule has 7 rings (SSSR count). The first-order chi connectivity index (χ1) is 20.3. The summed E-state index contributed by atoms with van der Waals surface area (Å²) >= 11 is 0. The number of hydrogen-bond donors (Lipinski definition) is 0. The zero-order valence-corrected chi connectivity index (χ0v) is 24.5. The largest absolute Gasteiger partial charge is 0.208 e. The molecule has 3 nitrogen and oxygen atoms in total. The molecule has 0 radical (unpaired) electrons. The molecule has 5 aromatic carbocycles. The summed E-state index contributed by atoms with van der Waals surface area (Å²) in [4.78, 5) is 15.0. The first kappa shape index (κ1) is 26.0. The molecule has 1 aromatic heterocycles. The molecular formula is C39H33N3. The lowest BCUT2D eigenvalue weighted by molar-refractivity contribution is 0.299. The van der Waals surface area contributed by atoms with E-state index >= 15 is 0 Å². The Hall–Kier alpha value is -4.89. The third kappa shape index (κ3) is 4.24. The van der Waals surface area contributed by atoms with Gasteiger partial charge in [-0.05, 0) is 50.3 Å². The molecule has 0 aliphatic heterocycles. The van der Waals surface area contributed by atoms with Crippen LogP contribution in [0.2, 0.25) is 0 Å². The molecule has 204 valence electrons. The Kier molecular flexibility index (Phi) is 6.13. The zero-order valence-electron chi connectivity index (χ0n) is 24.5. The van der Waals surface area contributed by atoms with Crippen LogP contribution < -0.4 is 0 Å². The second-order valence-electron chi connectivity index (χ2n) is 12.2. The number of rotatable bonds is 4. The minimum Gasteiger partial charge on any atom is -0.208 e. The van der Waals surface area contributed by atoms with E-state index in [1.165, 1.54) is 27.8 Å². The Morgan fingerprint density at radius 3 is 1.40 bits per heavy atom. The summed E-state index contributed by atoms with van der Waals surface area (Å²) in [7, 11) is 0. The lowest BCUT2D eigenvalue weighted by Crippen LogP contribution is -2.43. The maximum absolute atomic E-state index is 5.06. The highest BCUT2D eigenvalue weighted by Gasteiger charge is 2.45. The SMILES string of the molecule is CC1(C)c2ccccc2-c2ccc(-c3nc(-c4ccccc4)nc(-c4ccc(-c5ccccc5)cc4)n3)cc2C1(C)C. The molecular weight excluding hydrogens is 510 g/mol. The van der Waals surface area contributed by atoms with E-state index in [1.54, 1.807) is 0 Å². The molecule has 1 heterocycles. The van der Waals surface area contributed by atoms with Gasteiger partial charge < -0.3 is 0 Å². The lowest BCUT2D eigenvalue weighted by atomic mass is 9.55. The van der Waals surface area contributed by atoms with Crippen molar-refractivity contribution < 1.29 is 0 Å². The standard InChI is InChI=1S/C39H33N3/c1-38(2)33-18-12-11-17-31(33)32-24-23-30(25-34(32)39(38,3)4)37-41-35(28-15-9-6-10-16-28)40-36(42-37)29-21-19-27(20-22-29)26-13-7-5-8-14-26/h5-25H,1-4H3. The Labute approximate surface area is 248 Å². The summed E-state index contributed by atoms with van der Waals surface area (Å²) in [6.07, 6.45) is 0. The zero-order chi connectivity index (χ0) is 28.9. The normalized spacial score (nSPS) is 14.6. The summed E-state index contributed by atoms with van der Waals surface area (Å²) in [5.74, 6) is 2.02. The number of nitrogens with zero attached hydrogens (tertiary/aromatic N) is 3. The van der Waals surface area contributed by atoms with Gasteiger partial charge in [-0.1, -0.05) is 149 Å². The molecule has 0 saturated heterocycles. The van der Waals surface area contributed by atoms with Crippen molar-refractivity contribution in [3.05, 3.63) is 139 Å². The van der Waals surface area contributed by atoms with Crippen LogP contribution in [0.5, 0.6) is 0 Å². The topological polar surface area (TPSA) is 38.7 Å². The average Bonchev–Trinajstić information content (AvgIpc) is 3.04. The van der Waals surface area contributed by atoms with Crippen LogP contribution >= 0.6 is 0 Å². The highest BCUT2D eigenvalue weighted by atomic mass is 15.0. The predicted octanol–water partition coefficient (Wildman–Crippen LogP) is 9.78. The predicted molar refractivity (Wildman–Crippen MR) is 173 cm³/mol. The van der Waals surface area contributed by atoms with Gasteiger partial charge in [-0.2, -0.15) is 0 Å². The third-order valence-electron chi connectivity index (χ3n) is 9.32. The van der Waals surface area contributed by atoms with Gasteiger partial charge in [-0.3, -0.25) is 0 Å². The summed E-state index contributed by atoms with van der Waals surface area (Å²) in [5.41, 5.74) is 10.4. The molecule has 0 unspecified atom stereocenters. The Bertz CT molecular complexity index is 1900. The highest BCUT2D eigenvalue weighted by molar-refractivity contribution is 5.80. The monoisotopic (exact) mass is 543 g/mol. The van der Waals surface area contributed by atoms with Crippen molar-refractivity contribution in [1.82, 2.24) is 15.0 Å². The van der Waals surface area contributed by atoms with Gasteiger partial charge in [0.15, 0.2) is 17.5 Å². The van der Waals surface area contributed by atoms with E-state index in [0.717, 1.165) is 22.3 Å². The van der Waals surface area contributed by atoms with Gasteiger partial charge in [0.05, 0.1) is 0 Å². The van der Waals surface area contributed by atoms with Crippen molar-refractivity contribution in [2.45, 2.75) is 38.5 Å². The van der Waals surface area contributed by atoms with Crippen LogP contribution in [0.15, 0.2) is 127 Å². The molecule has 3 heteroatoms. The second-order valence-corrected chi connectivity index (χ2v) is 12.2. The summed E-state index contributed by atoms with van der Waals surface area (Å²) < 4.78 is 0. The minimum atomic E-state index is -0.0991. The maximum Gasteiger partial charge on any atom is 0.164 e. The molecule has 0 fully saturated rings. The first-order valence-electron chi connectivity index (χ1n) is 14.5. The fraction of sp³-hybridized carbons (Fsp3) is 0.154. The van der Waals surface area contributed by atoms with Crippen LogP contribution in [0.3, 0.4) is 0 Å². The summed E-state index contributed by atoms with van der Waals surface area (Å²) in [6, 6.07) is 44.6. The van der Waals surface area contributed by atoms with Crippen LogP contribution in [-0.4, -0.2) is 15.0 Å². The average molecular weight is 544 g/mol. The van der Waals surface area contributed by atoms with Crippen LogP contribution in [0.25, 0.3) is 56.4 Å². The fourth-order valence-electron chi connectivity index (χ4n) is 6.16. The number of hydrogen-bond acceptors (Lipinski definition) is 3. The molecule has 0 bridgehead atoms. The van der Waals surface area contributed by atoms with Crippen molar-refractivity contribution in [2.75, 3.05) is 0 Å². The van der Waals surface area contributed by atoms with Gasteiger partial charge in [0.1, 0.15) is 0 Å². The van der Waals surface area contributed by atoms with E-state index in [9.17, 15) is 0 Å². The second kappa shape index (κ2) is 9.88. The summed E-state index contributed by atoms with van der Waals surface area (Å²) in [5, 5.41) is 0. The fourth-order valence-corrected chi connectivity index (χ4v) is 6.16. The third-order valence-corrected chi connectivity index (χ3v) is 9.32. The van der Waals surface area contributed by atoms with Gasteiger partial charge in [0.2, 0.25) is 0 Å². The van der Waals surface area contributed by atoms with Crippen LogP contribution in [0.4, 0.5) is 0 Å². The quantitative estimate of drug-likeness (QED) is 0.222. The van der Waals surface area contributed by atoms with Crippen molar-refractivity contribution in [1.29, 1.82) is 0 Å². The van der Waals surface area contributed by atoms with Crippen LogP contribution in [0, 0.1) is 0 Å². The van der Waals surface area contributed by atoms with Gasteiger partial charge in [-0.25, -0.2) is 15.0 Å². The number of fused-ring (bicyclic) bond motifs is 3. The van der Waals surface area contributed by atoms with Crippen molar-refractivity contribution in [3.8, 4) is 56.4 Å². The molecule has 6 aromatic rings. The van der Waals surface area contributed by atoms with Gasteiger partial charge in [0, 0.05) is 16.7 Å². The molecule has 1 aliphatic carbocycles. The van der Waals surface area contributed by atoms with E-state index in [-0.39, 0.29) is 10.8 Å². The molecule has 0 atom stereocenters. The van der Waals surface area contributed by atoms with E-state index < -0.39 is 0 Å². The molecule has 42 heavy (non-hydrogen) atoms. The van der Waals surface area contributed by atoms with E-state index in [4.69, 9.17) is 15.0 Å². The van der Waals surface area contributed by atoms with Crippen LogP contribution in [0.1, 0.15) is 38.8 Å². The first-order valence-corrected chi connectivity index (χ1v) is 14.5. The van der Waals surface area contributed by atoms with Gasteiger partial charge in [0.25, 0.3) is 0 Å². The van der Waals surface area contributed by atoms with Crippen LogP contribution in [-0.2, 0) is 10.8 Å². The van der Waals surface area contributed by atoms with Crippen molar-refractivity contribution in [3.63, 3.8) is 0 Å².